The lowest BCUT2D eigenvalue weighted by atomic mass is 10.1. The van der Waals surface area contributed by atoms with Gasteiger partial charge in [-0.15, -0.1) is 0 Å². The number of carbonyl (C=O) groups is 1. The maximum Gasteiger partial charge on any atom is 0.322 e. The molecule has 1 aliphatic rings. The Balaban J connectivity index is 1.73. The fourth-order valence-corrected chi connectivity index (χ4v) is 2.91. The Bertz CT molecular complexity index is 698. The van der Waals surface area contributed by atoms with Crippen molar-refractivity contribution < 1.29 is 4.79 Å². The number of nitrogen functional groups attached to an aromatic ring is 1. The molecule has 0 atom stereocenters. The third-order valence-corrected chi connectivity index (χ3v) is 3.79. The van der Waals surface area contributed by atoms with Crippen molar-refractivity contribution in [2.75, 3.05) is 11.1 Å². The molecule has 1 aliphatic heterocycles. The van der Waals surface area contributed by atoms with Gasteiger partial charge in [0.15, 0.2) is 0 Å². The number of nitrogens with one attached hydrogen (secondary N) is 1. The predicted octanol–water partition coefficient (Wildman–Crippen LogP) is 4.12. The Morgan fingerprint density at radius 1 is 1.05 bits per heavy atom. The number of nitrogens with two attached hydrogens (primary N) is 1. The second-order valence-electron chi connectivity index (χ2n) is 4.97. The second-order valence-corrected chi connectivity index (χ2v) is 5.85. The minimum Gasteiger partial charge on any atom is -0.399 e. The summed E-state index contributed by atoms with van der Waals surface area (Å²) in [6.45, 7) is 1.11. The van der Waals surface area contributed by atoms with Crippen LogP contribution in [0.2, 0.25) is 10.0 Å². The molecule has 0 aliphatic carbocycles. The zero-order valence-electron chi connectivity index (χ0n) is 11.1. The number of hydrogen-bond donors (Lipinski definition) is 2. The molecule has 0 aromatic heterocycles. The summed E-state index contributed by atoms with van der Waals surface area (Å²) in [7, 11) is 0. The molecule has 3 rings (SSSR count). The number of nitrogens with zero attached hydrogens (tertiary/aromatic N) is 1. The van der Waals surface area contributed by atoms with Gasteiger partial charge in [0.25, 0.3) is 0 Å². The highest BCUT2D eigenvalue weighted by atomic mass is 35.5. The van der Waals surface area contributed by atoms with Gasteiger partial charge in [0.05, 0.1) is 0 Å². The standard InChI is InChI=1S/C15H13Cl2N3O/c16-11-4-12(17)6-14(5-11)19-15(21)20-7-9-1-2-13(18)3-10(9)8-20/h1-6H,7-8,18H2,(H,19,21). The molecule has 0 fully saturated rings. The minimum atomic E-state index is -0.192. The van der Waals surface area contributed by atoms with Crippen LogP contribution in [0.15, 0.2) is 36.4 Å². The summed E-state index contributed by atoms with van der Waals surface area (Å²) in [6, 6.07) is 10.4. The van der Waals surface area contributed by atoms with Crippen LogP contribution in [0.5, 0.6) is 0 Å². The second kappa shape index (κ2) is 5.47. The quantitative estimate of drug-likeness (QED) is 0.776. The van der Waals surface area contributed by atoms with Crippen LogP contribution in [-0.4, -0.2) is 10.9 Å². The van der Waals surface area contributed by atoms with Crippen molar-refractivity contribution in [2.24, 2.45) is 0 Å². The molecule has 2 aromatic rings. The largest absolute Gasteiger partial charge is 0.399 e. The zero-order valence-corrected chi connectivity index (χ0v) is 12.6. The van der Waals surface area contributed by atoms with Crippen molar-refractivity contribution in [2.45, 2.75) is 13.1 Å². The average molecular weight is 322 g/mol. The third kappa shape index (κ3) is 3.06. The Kier molecular flexibility index (Phi) is 3.66. The number of halogens is 2. The summed E-state index contributed by atoms with van der Waals surface area (Å²) >= 11 is 11.8. The van der Waals surface area contributed by atoms with Crippen LogP contribution in [-0.2, 0) is 13.1 Å². The van der Waals surface area contributed by atoms with E-state index in [-0.39, 0.29) is 6.03 Å². The maximum atomic E-state index is 12.3. The fraction of sp³-hybridized carbons (Fsp3) is 0.133. The molecule has 2 aromatic carbocycles. The Morgan fingerprint density at radius 2 is 1.71 bits per heavy atom. The summed E-state index contributed by atoms with van der Waals surface area (Å²) in [5, 5.41) is 3.77. The molecule has 108 valence electrons. The lowest BCUT2D eigenvalue weighted by Crippen LogP contribution is -2.30. The first-order chi connectivity index (χ1) is 10.0. The number of benzene rings is 2. The van der Waals surface area contributed by atoms with Gasteiger partial charge in [-0.05, 0) is 41.5 Å². The molecular weight excluding hydrogens is 309 g/mol. The van der Waals surface area contributed by atoms with E-state index in [1.807, 2.05) is 18.2 Å². The van der Waals surface area contributed by atoms with E-state index in [9.17, 15) is 4.79 Å². The van der Waals surface area contributed by atoms with E-state index >= 15 is 0 Å². The van der Waals surface area contributed by atoms with E-state index < -0.39 is 0 Å². The van der Waals surface area contributed by atoms with Gasteiger partial charge in [-0.1, -0.05) is 29.3 Å². The molecule has 4 nitrogen and oxygen atoms in total. The van der Waals surface area contributed by atoms with Gasteiger partial charge in [0.2, 0.25) is 0 Å². The normalized spacial score (nSPS) is 13.1. The highest BCUT2D eigenvalue weighted by Crippen LogP contribution is 2.26. The maximum absolute atomic E-state index is 12.3. The molecule has 0 saturated carbocycles. The van der Waals surface area contributed by atoms with E-state index in [4.69, 9.17) is 28.9 Å². The predicted molar refractivity (Wildman–Crippen MR) is 85.6 cm³/mol. The molecule has 0 bridgehead atoms. The zero-order chi connectivity index (χ0) is 15.0. The summed E-state index contributed by atoms with van der Waals surface area (Å²) in [4.78, 5) is 14.0. The number of carbonyl (C=O) groups excluding carboxylic acids is 1. The first-order valence-corrected chi connectivity index (χ1v) is 7.16. The van der Waals surface area contributed by atoms with Crippen LogP contribution in [0.1, 0.15) is 11.1 Å². The SMILES string of the molecule is Nc1ccc2c(c1)CN(C(=O)Nc1cc(Cl)cc(Cl)c1)C2. The van der Waals surface area contributed by atoms with Crippen LogP contribution in [0.3, 0.4) is 0 Å². The first-order valence-electron chi connectivity index (χ1n) is 6.40. The van der Waals surface area contributed by atoms with Crippen LogP contribution in [0.4, 0.5) is 16.2 Å². The molecule has 1 heterocycles. The highest BCUT2D eigenvalue weighted by Gasteiger charge is 2.23. The van der Waals surface area contributed by atoms with Crippen LogP contribution in [0, 0.1) is 0 Å². The van der Waals surface area contributed by atoms with Crippen LogP contribution in [0.25, 0.3) is 0 Å². The van der Waals surface area contributed by atoms with Crippen molar-refractivity contribution >= 4 is 40.6 Å². The molecule has 0 unspecified atom stereocenters. The van der Waals surface area contributed by atoms with Gasteiger partial charge >= 0.3 is 6.03 Å². The van der Waals surface area contributed by atoms with Crippen molar-refractivity contribution in [1.82, 2.24) is 4.90 Å². The summed E-state index contributed by atoms with van der Waals surface area (Å²) in [6.07, 6.45) is 0. The number of fused-ring (bicyclic) bond motifs is 1. The Hall–Kier alpha value is -1.91. The molecular formula is C15H13Cl2N3O. The Labute approximate surface area is 132 Å². The lowest BCUT2D eigenvalue weighted by Gasteiger charge is -2.16. The van der Waals surface area contributed by atoms with Crippen molar-refractivity contribution in [3.8, 4) is 0 Å². The van der Waals surface area contributed by atoms with Gasteiger partial charge in [-0.2, -0.15) is 0 Å². The van der Waals surface area contributed by atoms with Gasteiger partial charge in [-0.3, -0.25) is 0 Å². The van der Waals surface area contributed by atoms with E-state index in [0.717, 1.165) is 11.1 Å². The lowest BCUT2D eigenvalue weighted by molar-refractivity contribution is 0.212. The Morgan fingerprint density at radius 3 is 2.43 bits per heavy atom. The van der Waals surface area contributed by atoms with E-state index in [1.54, 1.807) is 23.1 Å². The number of hydrogen-bond acceptors (Lipinski definition) is 2. The molecule has 0 radical (unpaired) electrons. The number of rotatable bonds is 1. The molecule has 0 saturated heterocycles. The van der Waals surface area contributed by atoms with E-state index in [0.29, 0.717) is 34.5 Å². The van der Waals surface area contributed by atoms with Crippen LogP contribution < -0.4 is 11.1 Å². The third-order valence-electron chi connectivity index (χ3n) is 3.35. The van der Waals surface area contributed by atoms with Gasteiger partial charge in [-0.25, -0.2) is 4.79 Å². The number of urea groups is 1. The smallest absolute Gasteiger partial charge is 0.322 e. The van der Waals surface area contributed by atoms with E-state index in [1.165, 1.54) is 0 Å². The van der Waals surface area contributed by atoms with Gasteiger partial charge in [0.1, 0.15) is 0 Å². The molecule has 2 amide bonds. The summed E-state index contributed by atoms with van der Waals surface area (Å²) in [5.41, 5.74) is 9.24. The van der Waals surface area contributed by atoms with Crippen molar-refractivity contribution in [1.29, 1.82) is 0 Å². The van der Waals surface area contributed by atoms with Crippen molar-refractivity contribution in [3.63, 3.8) is 0 Å². The van der Waals surface area contributed by atoms with Crippen LogP contribution >= 0.6 is 23.2 Å². The average Bonchev–Trinajstić information content (AvgIpc) is 2.80. The topological polar surface area (TPSA) is 58.4 Å². The monoisotopic (exact) mass is 321 g/mol. The first kappa shape index (κ1) is 14.0. The van der Waals surface area contributed by atoms with Crippen molar-refractivity contribution in [3.05, 3.63) is 57.6 Å². The summed E-state index contributed by atoms with van der Waals surface area (Å²) in [5.74, 6) is 0. The van der Waals surface area contributed by atoms with Gasteiger partial charge in [0, 0.05) is 34.5 Å². The molecule has 21 heavy (non-hydrogen) atoms. The van der Waals surface area contributed by atoms with E-state index in [2.05, 4.69) is 5.32 Å². The number of anilines is 2. The molecule has 3 N–H and O–H groups in total. The number of amides is 2. The minimum absolute atomic E-state index is 0.192. The molecule has 6 heteroatoms. The highest BCUT2D eigenvalue weighted by molar-refractivity contribution is 6.35. The fourth-order valence-electron chi connectivity index (χ4n) is 2.39. The van der Waals surface area contributed by atoms with Gasteiger partial charge < -0.3 is 16.0 Å². The molecule has 0 spiro atoms. The summed E-state index contributed by atoms with van der Waals surface area (Å²) < 4.78 is 0.